The van der Waals surface area contributed by atoms with Crippen molar-refractivity contribution in [3.63, 3.8) is 0 Å². The summed E-state index contributed by atoms with van der Waals surface area (Å²) in [5.41, 5.74) is 3.67. The van der Waals surface area contributed by atoms with Crippen molar-refractivity contribution < 1.29 is 10.2 Å². The van der Waals surface area contributed by atoms with Crippen LogP contribution in [0.3, 0.4) is 0 Å². The maximum Gasteiger partial charge on any atom is 0.138 e. The first kappa shape index (κ1) is 22.3. The molecule has 4 rings (SSSR count). The fraction of sp³-hybridized carbons (Fsp3) is 0.417. The van der Waals surface area contributed by atoms with Crippen LogP contribution in [0.25, 0.3) is 11.8 Å². The molecular formula is C24H32N6O2. The molecule has 0 unspecified atom stereocenters. The molecule has 1 saturated heterocycles. The van der Waals surface area contributed by atoms with E-state index in [2.05, 4.69) is 47.9 Å². The van der Waals surface area contributed by atoms with E-state index >= 15 is 0 Å². The third-order valence-electron chi connectivity index (χ3n) is 5.38. The van der Waals surface area contributed by atoms with Gasteiger partial charge in [-0.1, -0.05) is 6.58 Å². The van der Waals surface area contributed by atoms with Crippen LogP contribution in [0.5, 0.6) is 0 Å². The topological polar surface area (TPSA) is 96.8 Å². The van der Waals surface area contributed by atoms with Crippen molar-refractivity contribution in [2.45, 2.75) is 39.0 Å². The summed E-state index contributed by atoms with van der Waals surface area (Å²) in [5, 5.41) is 25.7. The number of hydrogen-bond donors (Lipinski definition) is 4. The van der Waals surface area contributed by atoms with Gasteiger partial charge in [0.15, 0.2) is 0 Å². The predicted molar refractivity (Wildman–Crippen MR) is 128 cm³/mol. The second-order valence-corrected chi connectivity index (χ2v) is 9.40. The van der Waals surface area contributed by atoms with E-state index in [4.69, 9.17) is 4.98 Å². The van der Waals surface area contributed by atoms with Crippen molar-refractivity contribution >= 4 is 29.2 Å². The number of likely N-dealkylation sites (tertiary alicyclic amines) is 1. The maximum atomic E-state index is 9.51. The van der Waals surface area contributed by atoms with Gasteiger partial charge in [0.1, 0.15) is 17.5 Å². The number of β-amino-alcohol motifs (C(OH)–C–C–N with tert-alkyl or cyclic N) is 2. The van der Waals surface area contributed by atoms with Crippen LogP contribution in [0.15, 0.2) is 37.2 Å². The number of anilines is 3. The first-order valence-electron chi connectivity index (χ1n) is 10.9. The number of rotatable bonds is 7. The Kier molecular flexibility index (Phi) is 6.19. The molecule has 8 nitrogen and oxygen atoms in total. The Bertz CT molecular complexity index is 1020. The molecule has 1 fully saturated rings. The van der Waals surface area contributed by atoms with Gasteiger partial charge in [-0.2, -0.15) is 0 Å². The number of nitrogens with zero attached hydrogens (tertiary/aromatic N) is 4. The second-order valence-electron chi connectivity index (χ2n) is 9.40. The maximum absolute atomic E-state index is 9.51. The summed E-state index contributed by atoms with van der Waals surface area (Å²) in [7, 11) is 0. The lowest BCUT2D eigenvalue weighted by atomic mass is 10.0. The Morgan fingerprint density at radius 1 is 1.22 bits per heavy atom. The largest absolute Gasteiger partial charge is 0.395 e. The Hall–Kier alpha value is -2.94. The lowest BCUT2D eigenvalue weighted by Crippen LogP contribution is -2.49. The van der Waals surface area contributed by atoms with Gasteiger partial charge in [0.2, 0.25) is 0 Å². The molecule has 0 radical (unpaired) electrons. The van der Waals surface area contributed by atoms with E-state index in [0.29, 0.717) is 25.5 Å². The quantitative estimate of drug-likeness (QED) is 0.526. The minimum atomic E-state index is -0.209. The van der Waals surface area contributed by atoms with E-state index < -0.39 is 0 Å². The molecule has 0 aliphatic carbocycles. The molecule has 0 atom stereocenters. The van der Waals surface area contributed by atoms with Gasteiger partial charge in [-0.05, 0) is 56.2 Å². The van der Waals surface area contributed by atoms with Gasteiger partial charge < -0.3 is 25.7 Å². The minimum absolute atomic E-state index is 0.0478. The molecule has 0 amide bonds. The Morgan fingerprint density at radius 3 is 2.69 bits per heavy atom. The third kappa shape index (κ3) is 5.09. The highest BCUT2D eigenvalue weighted by Crippen LogP contribution is 2.36. The summed E-state index contributed by atoms with van der Waals surface area (Å²) in [6.45, 7) is 13.2. The number of aliphatic hydroxyl groups excluding tert-OH is 2. The summed E-state index contributed by atoms with van der Waals surface area (Å²) in [5.74, 6) is 2.14. The Morgan fingerprint density at radius 2 is 2.00 bits per heavy atom. The number of nitrogens with one attached hydrogen (secondary N) is 2. The van der Waals surface area contributed by atoms with Gasteiger partial charge in [0.05, 0.1) is 12.7 Å². The normalized spacial score (nSPS) is 16.7. The van der Waals surface area contributed by atoms with Crippen LogP contribution in [-0.4, -0.2) is 67.9 Å². The van der Waals surface area contributed by atoms with Crippen LogP contribution in [0.2, 0.25) is 0 Å². The molecule has 4 heterocycles. The van der Waals surface area contributed by atoms with Crippen molar-refractivity contribution in [1.82, 2.24) is 19.8 Å². The van der Waals surface area contributed by atoms with Crippen LogP contribution in [0.1, 0.15) is 37.5 Å². The van der Waals surface area contributed by atoms with Gasteiger partial charge in [0, 0.05) is 55.4 Å². The van der Waals surface area contributed by atoms with E-state index in [1.807, 2.05) is 35.4 Å². The molecule has 2 aromatic heterocycles. The van der Waals surface area contributed by atoms with Gasteiger partial charge in [-0.3, -0.25) is 4.90 Å². The van der Waals surface area contributed by atoms with Gasteiger partial charge in [-0.15, -0.1) is 0 Å². The fourth-order valence-corrected chi connectivity index (χ4v) is 3.93. The van der Waals surface area contributed by atoms with E-state index in [9.17, 15) is 10.2 Å². The number of pyridine rings is 2. The van der Waals surface area contributed by atoms with Crippen LogP contribution in [0, 0.1) is 0 Å². The highest BCUT2D eigenvalue weighted by Gasteiger charge is 2.25. The monoisotopic (exact) mass is 436 g/mol. The number of aromatic nitrogens is 2. The summed E-state index contributed by atoms with van der Waals surface area (Å²) in [6.07, 6.45) is 5.53. The second kappa shape index (κ2) is 8.90. The molecule has 170 valence electrons. The lowest BCUT2D eigenvalue weighted by Gasteiger charge is -2.35. The summed E-state index contributed by atoms with van der Waals surface area (Å²) in [4.78, 5) is 13.4. The summed E-state index contributed by atoms with van der Waals surface area (Å²) >= 11 is 0. The van der Waals surface area contributed by atoms with E-state index in [1.165, 1.54) is 0 Å². The molecule has 2 aliphatic rings. The third-order valence-corrected chi connectivity index (χ3v) is 5.38. The average Bonchev–Trinajstić information content (AvgIpc) is 2.68. The van der Waals surface area contributed by atoms with Crippen LogP contribution >= 0.6 is 0 Å². The van der Waals surface area contributed by atoms with Crippen molar-refractivity contribution in [2.75, 3.05) is 36.9 Å². The number of aliphatic hydroxyl groups is 2. The van der Waals surface area contributed by atoms with Crippen LogP contribution in [0.4, 0.5) is 17.5 Å². The average molecular weight is 437 g/mol. The zero-order valence-electron chi connectivity index (χ0n) is 19.0. The van der Waals surface area contributed by atoms with Crippen molar-refractivity contribution in [2.24, 2.45) is 0 Å². The molecule has 8 heteroatoms. The van der Waals surface area contributed by atoms with Crippen LogP contribution < -0.4 is 10.6 Å². The van der Waals surface area contributed by atoms with Gasteiger partial charge in [0.25, 0.3) is 0 Å². The SMILES string of the molecule is C=C1c2c(cc(Nc3cc(CN4CC(O)C4)ccn3)nc2NC(C)(C)C)C=CN1CCO. The van der Waals surface area contributed by atoms with E-state index in [0.717, 1.165) is 40.6 Å². The molecule has 0 aromatic carbocycles. The van der Waals surface area contributed by atoms with Crippen molar-refractivity contribution in [3.05, 3.63) is 53.9 Å². The molecule has 0 saturated carbocycles. The summed E-state index contributed by atoms with van der Waals surface area (Å²) < 4.78 is 0. The summed E-state index contributed by atoms with van der Waals surface area (Å²) in [6, 6.07) is 5.99. The molecule has 2 aliphatic heterocycles. The minimum Gasteiger partial charge on any atom is -0.395 e. The molecule has 2 aromatic rings. The fourth-order valence-electron chi connectivity index (χ4n) is 3.93. The first-order valence-corrected chi connectivity index (χ1v) is 10.9. The first-order chi connectivity index (χ1) is 15.2. The molecule has 4 N–H and O–H groups in total. The van der Waals surface area contributed by atoms with E-state index in [1.54, 1.807) is 6.20 Å². The molecular weight excluding hydrogens is 404 g/mol. The van der Waals surface area contributed by atoms with Gasteiger partial charge >= 0.3 is 0 Å². The smallest absolute Gasteiger partial charge is 0.138 e. The predicted octanol–water partition coefficient (Wildman–Crippen LogP) is 2.86. The zero-order valence-corrected chi connectivity index (χ0v) is 19.0. The standard InChI is InChI=1S/C24H32N6O2/c1-16-22-18(6-8-30(16)9-10-31)12-21(27-23(22)28-24(2,3)4)26-20-11-17(5-7-25-20)13-29-14-19(32)15-29/h5-8,11-12,19,31-32H,1,9-10,13-15H2,2-4H3,(H2,25,26,27,28). The van der Waals surface area contributed by atoms with Crippen LogP contribution in [-0.2, 0) is 6.54 Å². The van der Waals surface area contributed by atoms with Crippen molar-refractivity contribution in [1.29, 1.82) is 0 Å². The Balaban J connectivity index is 1.61. The lowest BCUT2D eigenvalue weighted by molar-refractivity contribution is -0.00286. The zero-order chi connectivity index (χ0) is 22.9. The molecule has 32 heavy (non-hydrogen) atoms. The highest BCUT2D eigenvalue weighted by molar-refractivity contribution is 5.85. The molecule has 0 bridgehead atoms. The highest BCUT2D eigenvalue weighted by atomic mass is 16.3. The molecule has 0 spiro atoms. The number of fused-ring (bicyclic) bond motifs is 1. The number of hydrogen-bond acceptors (Lipinski definition) is 8. The van der Waals surface area contributed by atoms with Gasteiger partial charge in [-0.25, -0.2) is 9.97 Å². The Labute approximate surface area is 189 Å². The van der Waals surface area contributed by atoms with E-state index in [-0.39, 0.29) is 18.2 Å². The van der Waals surface area contributed by atoms with Crippen molar-refractivity contribution in [3.8, 4) is 0 Å².